The summed E-state index contributed by atoms with van der Waals surface area (Å²) in [6.07, 6.45) is -3.13. The van der Waals surface area contributed by atoms with E-state index in [1.165, 1.54) is 12.1 Å². The fourth-order valence-electron chi connectivity index (χ4n) is 2.98. The number of halogens is 3. The van der Waals surface area contributed by atoms with Crippen LogP contribution >= 0.6 is 0 Å². The minimum atomic E-state index is -4.45. The minimum Gasteiger partial charge on any atom is -0.492 e. The first-order valence-corrected chi connectivity index (χ1v) is 7.44. The average molecular weight is 350 g/mol. The van der Waals surface area contributed by atoms with Gasteiger partial charge in [-0.05, 0) is 48.2 Å². The first-order valence-electron chi connectivity index (χ1n) is 7.44. The lowest BCUT2D eigenvalue weighted by Gasteiger charge is -2.27. The Balaban J connectivity index is 0.00000182. The number of fused-ring (bicyclic) bond motifs is 3. The monoisotopic (exact) mass is 350 g/mol. The number of hydrogen-bond acceptors (Lipinski definition) is 3. The van der Waals surface area contributed by atoms with Gasteiger partial charge in [0.05, 0.1) is 16.9 Å². The summed E-state index contributed by atoms with van der Waals surface area (Å²) in [7, 11) is 0. The average Bonchev–Trinajstić information content (AvgIpc) is 2.92. The van der Waals surface area contributed by atoms with Crippen LogP contribution in [0.2, 0.25) is 0 Å². The summed E-state index contributed by atoms with van der Waals surface area (Å²) in [6.45, 7) is 0. The molecule has 2 aromatic carbocycles. The molecule has 2 aliphatic heterocycles. The molecule has 0 spiro atoms. The van der Waals surface area contributed by atoms with E-state index < -0.39 is 11.7 Å². The third-order valence-electron chi connectivity index (χ3n) is 4.16. The van der Waals surface area contributed by atoms with Crippen molar-refractivity contribution in [2.75, 3.05) is 10.0 Å². The van der Waals surface area contributed by atoms with Crippen molar-refractivity contribution in [1.82, 2.24) is 5.53 Å². The molecule has 131 valence electrons. The second-order valence-electron chi connectivity index (χ2n) is 5.66. The van der Waals surface area contributed by atoms with Crippen LogP contribution in [0.4, 0.5) is 24.5 Å². The van der Waals surface area contributed by atoms with E-state index in [1.54, 1.807) is 5.01 Å². The van der Waals surface area contributed by atoms with Crippen LogP contribution in [0.5, 0.6) is 0 Å². The van der Waals surface area contributed by atoms with Gasteiger partial charge in [0.2, 0.25) is 5.88 Å². The van der Waals surface area contributed by atoms with E-state index >= 15 is 0 Å². The molecule has 0 saturated heterocycles. The standard InChI is InChI=1S/C17H13F3N3O.H2O/c18-17(19,20)12-5-3-6-13(10-12)22-16(24)15-9-8-11-4-1-2-7-14(11)23(15)21-22;/h1-7,10,24H,8-9H2;1H2. The van der Waals surface area contributed by atoms with E-state index in [-0.39, 0.29) is 17.0 Å². The van der Waals surface area contributed by atoms with Crippen molar-refractivity contribution < 1.29 is 23.8 Å². The Morgan fingerprint density at radius 2 is 1.72 bits per heavy atom. The lowest BCUT2D eigenvalue weighted by atomic mass is 10.0. The number of para-hydroxylation sites is 1. The molecule has 0 unspecified atom stereocenters. The third kappa shape index (κ3) is 2.79. The smallest absolute Gasteiger partial charge is 0.416 e. The Labute approximate surface area is 141 Å². The molecule has 0 saturated carbocycles. The number of aliphatic hydroxyl groups excluding tert-OH is 1. The molecule has 0 aliphatic carbocycles. The summed E-state index contributed by atoms with van der Waals surface area (Å²) in [5.74, 6) is -0.135. The van der Waals surface area contributed by atoms with Gasteiger partial charge in [-0.15, -0.1) is 0 Å². The molecule has 25 heavy (non-hydrogen) atoms. The van der Waals surface area contributed by atoms with E-state index in [1.807, 2.05) is 24.3 Å². The van der Waals surface area contributed by atoms with Crippen molar-refractivity contribution >= 4 is 11.4 Å². The Bertz CT molecular complexity index is 836. The highest BCUT2D eigenvalue weighted by Crippen LogP contribution is 2.39. The maximum absolute atomic E-state index is 12.9. The molecule has 2 aromatic rings. The van der Waals surface area contributed by atoms with Crippen molar-refractivity contribution in [2.45, 2.75) is 19.0 Å². The van der Waals surface area contributed by atoms with E-state index in [9.17, 15) is 18.3 Å². The number of rotatable bonds is 1. The fraction of sp³-hybridized carbons (Fsp3) is 0.176. The SMILES string of the molecule is O.OC1=C2CCc3ccccc3N2[N]N1c1cccc(C(F)(F)F)c1. The molecule has 5 nitrogen and oxygen atoms in total. The van der Waals surface area contributed by atoms with E-state index in [0.717, 1.165) is 34.8 Å². The van der Waals surface area contributed by atoms with E-state index in [0.29, 0.717) is 12.1 Å². The number of nitrogens with zero attached hydrogens (tertiary/aromatic N) is 3. The van der Waals surface area contributed by atoms with Crippen molar-refractivity contribution in [1.29, 1.82) is 0 Å². The van der Waals surface area contributed by atoms with Crippen molar-refractivity contribution in [2.24, 2.45) is 0 Å². The predicted molar refractivity (Wildman–Crippen MR) is 86.6 cm³/mol. The second-order valence-corrected chi connectivity index (χ2v) is 5.66. The summed E-state index contributed by atoms with van der Waals surface area (Å²) in [4.78, 5) is 0. The maximum Gasteiger partial charge on any atom is 0.416 e. The van der Waals surface area contributed by atoms with Gasteiger partial charge in [0.15, 0.2) is 0 Å². The summed E-state index contributed by atoms with van der Waals surface area (Å²) in [5, 5.41) is 13.2. The number of aryl methyl sites for hydroxylation is 1. The zero-order valence-electron chi connectivity index (χ0n) is 13.0. The van der Waals surface area contributed by atoms with Crippen molar-refractivity contribution in [3.05, 3.63) is 71.2 Å². The minimum absolute atomic E-state index is 0. The van der Waals surface area contributed by atoms with Crippen LogP contribution in [-0.4, -0.2) is 10.6 Å². The van der Waals surface area contributed by atoms with Gasteiger partial charge in [0, 0.05) is 0 Å². The van der Waals surface area contributed by atoms with Crippen molar-refractivity contribution in [3.8, 4) is 0 Å². The van der Waals surface area contributed by atoms with Gasteiger partial charge in [0.1, 0.15) is 5.70 Å². The van der Waals surface area contributed by atoms with Gasteiger partial charge in [-0.1, -0.05) is 24.3 Å². The Hall–Kier alpha value is -2.71. The highest BCUT2D eigenvalue weighted by molar-refractivity contribution is 5.65. The zero-order valence-corrected chi connectivity index (χ0v) is 13.0. The van der Waals surface area contributed by atoms with Crippen LogP contribution in [0.3, 0.4) is 0 Å². The number of benzene rings is 2. The third-order valence-corrected chi connectivity index (χ3v) is 4.16. The topological polar surface area (TPSA) is 72.3 Å². The molecule has 2 heterocycles. The number of aliphatic hydroxyl groups is 1. The van der Waals surface area contributed by atoms with Crippen LogP contribution in [0, 0.1) is 0 Å². The molecule has 0 aromatic heterocycles. The molecule has 3 N–H and O–H groups in total. The summed E-state index contributed by atoms with van der Waals surface area (Å²) in [6, 6.07) is 12.4. The first kappa shape index (κ1) is 17.1. The highest BCUT2D eigenvalue weighted by Gasteiger charge is 2.37. The second kappa shape index (κ2) is 5.98. The first-order chi connectivity index (χ1) is 11.4. The Morgan fingerprint density at radius 1 is 0.960 bits per heavy atom. The molecule has 0 bridgehead atoms. The fourth-order valence-corrected chi connectivity index (χ4v) is 2.98. The zero-order chi connectivity index (χ0) is 16.9. The Kier molecular flexibility index (Phi) is 4.09. The van der Waals surface area contributed by atoms with Gasteiger partial charge in [-0.2, -0.15) is 13.2 Å². The Morgan fingerprint density at radius 3 is 2.48 bits per heavy atom. The van der Waals surface area contributed by atoms with Crippen molar-refractivity contribution in [3.63, 3.8) is 0 Å². The largest absolute Gasteiger partial charge is 0.492 e. The quantitative estimate of drug-likeness (QED) is 0.858. The van der Waals surface area contributed by atoms with Gasteiger partial charge >= 0.3 is 6.18 Å². The summed E-state index contributed by atoms with van der Waals surface area (Å²) >= 11 is 0. The lowest BCUT2D eigenvalue weighted by molar-refractivity contribution is -0.137. The normalized spacial score (nSPS) is 16.4. The molecule has 1 radical (unpaired) electrons. The number of hydrogen-bond donors (Lipinski definition) is 1. The van der Waals surface area contributed by atoms with Crippen LogP contribution in [0.1, 0.15) is 17.5 Å². The molecule has 0 fully saturated rings. The lowest BCUT2D eigenvalue weighted by Crippen LogP contribution is -2.36. The van der Waals surface area contributed by atoms with Crippen LogP contribution < -0.4 is 15.6 Å². The van der Waals surface area contributed by atoms with Crippen LogP contribution in [0.25, 0.3) is 0 Å². The molecule has 8 heteroatoms. The summed E-state index contributed by atoms with van der Waals surface area (Å²) < 4.78 is 38.7. The van der Waals surface area contributed by atoms with Gasteiger partial charge in [-0.3, -0.25) is 0 Å². The molecule has 4 rings (SSSR count). The predicted octanol–water partition coefficient (Wildman–Crippen LogP) is 3.32. The van der Waals surface area contributed by atoms with Crippen LogP contribution in [-0.2, 0) is 12.6 Å². The van der Waals surface area contributed by atoms with Gasteiger partial charge < -0.3 is 10.6 Å². The molecular weight excluding hydrogens is 335 g/mol. The number of allylic oxidation sites excluding steroid dienone is 1. The molecular formula is C17H15F3N3O2. The number of anilines is 2. The summed E-state index contributed by atoms with van der Waals surface area (Å²) in [5.41, 5.74) is 6.20. The molecule has 0 amide bonds. The van der Waals surface area contributed by atoms with Crippen LogP contribution in [0.15, 0.2) is 60.1 Å². The maximum atomic E-state index is 12.9. The molecule has 2 aliphatic rings. The van der Waals surface area contributed by atoms with E-state index in [4.69, 9.17) is 0 Å². The molecule has 0 atom stereocenters. The highest BCUT2D eigenvalue weighted by atomic mass is 19.4. The van der Waals surface area contributed by atoms with Gasteiger partial charge in [0.25, 0.3) is 0 Å². The van der Waals surface area contributed by atoms with Gasteiger partial charge in [-0.25, -0.2) is 10.0 Å². The van der Waals surface area contributed by atoms with E-state index in [2.05, 4.69) is 5.53 Å². The number of alkyl halides is 3.